The average Bonchev–Trinajstić information content (AvgIpc) is 2.72. The van der Waals surface area contributed by atoms with E-state index >= 15 is 0 Å². The van der Waals surface area contributed by atoms with Crippen LogP contribution < -0.4 is 5.32 Å². The monoisotopic (exact) mass is 238 g/mol. The zero-order valence-corrected chi connectivity index (χ0v) is 11.2. The summed E-state index contributed by atoms with van der Waals surface area (Å²) in [5.74, 6) is -0.273. The number of carbonyl (C=O) groups excluding carboxylic acids is 1. The first kappa shape index (κ1) is 13.6. The van der Waals surface area contributed by atoms with Crippen molar-refractivity contribution in [3.63, 3.8) is 0 Å². The number of hydrogen-bond acceptors (Lipinski definition) is 3. The smallest absolute Gasteiger partial charge is 0.356 e. The lowest BCUT2D eigenvalue weighted by atomic mass is 10.3. The molecule has 0 unspecified atom stereocenters. The van der Waals surface area contributed by atoms with E-state index in [-0.39, 0.29) is 5.97 Å². The SMILES string of the molecule is CCCNc1cc(CC)n(CC)c1C(=O)OC. The van der Waals surface area contributed by atoms with Crippen molar-refractivity contribution < 1.29 is 9.53 Å². The van der Waals surface area contributed by atoms with Crippen LogP contribution in [0.3, 0.4) is 0 Å². The molecule has 96 valence electrons. The van der Waals surface area contributed by atoms with Gasteiger partial charge in [-0.25, -0.2) is 4.79 Å². The fraction of sp³-hybridized carbons (Fsp3) is 0.615. The fourth-order valence-corrected chi connectivity index (χ4v) is 1.97. The molecule has 0 saturated carbocycles. The van der Waals surface area contributed by atoms with Gasteiger partial charge in [0.25, 0.3) is 0 Å². The highest BCUT2D eigenvalue weighted by atomic mass is 16.5. The van der Waals surface area contributed by atoms with Gasteiger partial charge in [0, 0.05) is 18.8 Å². The van der Waals surface area contributed by atoms with Crippen molar-refractivity contribution in [1.29, 1.82) is 0 Å². The van der Waals surface area contributed by atoms with Gasteiger partial charge in [0.05, 0.1) is 12.8 Å². The van der Waals surface area contributed by atoms with E-state index in [2.05, 4.69) is 19.2 Å². The zero-order valence-electron chi connectivity index (χ0n) is 11.2. The Labute approximate surface area is 103 Å². The largest absolute Gasteiger partial charge is 0.464 e. The maximum atomic E-state index is 11.8. The Balaban J connectivity index is 3.17. The Morgan fingerprint density at radius 1 is 1.41 bits per heavy atom. The van der Waals surface area contributed by atoms with Crippen molar-refractivity contribution in [3.8, 4) is 0 Å². The Kier molecular flexibility index (Phi) is 5.07. The number of hydrogen-bond donors (Lipinski definition) is 1. The second-order valence-electron chi connectivity index (χ2n) is 3.91. The normalized spacial score (nSPS) is 10.4. The first-order valence-electron chi connectivity index (χ1n) is 6.24. The average molecular weight is 238 g/mol. The third-order valence-corrected chi connectivity index (χ3v) is 2.81. The highest BCUT2D eigenvalue weighted by Gasteiger charge is 2.20. The molecule has 0 saturated heterocycles. The van der Waals surface area contributed by atoms with Crippen LogP contribution in [0.25, 0.3) is 0 Å². The summed E-state index contributed by atoms with van der Waals surface area (Å²) < 4.78 is 6.88. The fourth-order valence-electron chi connectivity index (χ4n) is 1.97. The molecule has 0 bridgehead atoms. The standard InChI is InChI=1S/C13H22N2O2/c1-5-8-14-11-9-10(6-2)15(7-3)12(11)13(16)17-4/h9,14H,5-8H2,1-4H3. The third-order valence-electron chi connectivity index (χ3n) is 2.81. The van der Waals surface area contributed by atoms with Crippen molar-refractivity contribution in [1.82, 2.24) is 4.57 Å². The van der Waals surface area contributed by atoms with E-state index in [1.165, 1.54) is 7.11 Å². The summed E-state index contributed by atoms with van der Waals surface area (Å²) in [6.07, 6.45) is 1.94. The summed E-state index contributed by atoms with van der Waals surface area (Å²) in [4.78, 5) is 11.8. The lowest BCUT2D eigenvalue weighted by Crippen LogP contribution is -2.14. The molecular weight excluding hydrogens is 216 g/mol. The molecule has 1 rings (SSSR count). The molecule has 0 aliphatic rings. The number of aromatic nitrogens is 1. The lowest BCUT2D eigenvalue weighted by Gasteiger charge is -2.10. The number of esters is 1. The molecule has 0 aliphatic heterocycles. The number of methoxy groups -OCH3 is 1. The van der Waals surface area contributed by atoms with Gasteiger partial charge in [-0.1, -0.05) is 13.8 Å². The second kappa shape index (κ2) is 6.33. The van der Waals surface area contributed by atoms with Crippen molar-refractivity contribution in [2.45, 2.75) is 40.2 Å². The van der Waals surface area contributed by atoms with Gasteiger partial charge in [0.1, 0.15) is 0 Å². The van der Waals surface area contributed by atoms with Crippen molar-refractivity contribution in [2.75, 3.05) is 19.0 Å². The molecule has 17 heavy (non-hydrogen) atoms. The van der Waals surface area contributed by atoms with Gasteiger partial charge in [-0.05, 0) is 25.8 Å². The van der Waals surface area contributed by atoms with Gasteiger partial charge in [-0.3, -0.25) is 0 Å². The van der Waals surface area contributed by atoms with Crippen molar-refractivity contribution >= 4 is 11.7 Å². The van der Waals surface area contributed by atoms with Gasteiger partial charge in [0.2, 0.25) is 0 Å². The van der Waals surface area contributed by atoms with E-state index in [0.29, 0.717) is 5.69 Å². The quantitative estimate of drug-likeness (QED) is 0.775. The Hall–Kier alpha value is -1.45. The van der Waals surface area contributed by atoms with Crippen LogP contribution in [0.15, 0.2) is 6.07 Å². The molecule has 0 spiro atoms. The van der Waals surface area contributed by atoms with Gasteiger partial charge in [-0.15, -0.1) is 0 Å². The molecule has 0 fully saturated rings. The predicted octanol–water partition coefficient (Wildman–Crippen LogP) is 2.68. The number of rotatable bonds is 6. The van der Waals surface area contributed by atoms with Gasteiger partial charge < -0.3 is 14.6 Å². The number of aryl methyl sites for hydroxylation is 1. The van der Waals surface area contributed by atoms with Crippen molar-refractivity contribution in [2.24, 2.45) is 0 Å². The van der Waals surface area contributed by atoms with Crippen LogP contribution in [0.1, 0.15) is 43.4 Å². The van der Waals surface area contributed by atoms with Gasteiger partial charge in [0.15, 0.2) is 5.69 Å². The van der Waals surface area contributed by atoms with Crippen LogP contribution in [0.2, 0.25) is 0 Å². The first-order chi connectivity index (χ1) is 8.19. The first-order valence-corrected chi connectivity index (χ1v) is 6.24. The highest BCUT2D eigenvalue weighted by Crippen LogP contribution is 2.23. The van der Waals surface area contributed by atoms with Crippen molar-refractivity contribution in [3.05, 3.63) is 17.5 Å². The molecule has 0 amide bonds. The number of anilines is 1. The van der Waals surface area contributed by atoms with Crippen LogP contribution in [-0.4, -0.2) is 24.2 Å². The van der Waals surface area contributed by atoms with E-state index in [1.807, 2.05) is 17.6 Å². The topological polar surface area (TPSA) is 43.3 Å². The van der Waals surface area contributed by atoms with Crippen LogP contribution in [0.4, 0.5) is 5.69 Å². The van der Waals surface area contributed by atoms with Crippen LogP contribution >= 0.6 is 0 Å². The van der Waals surface area contributed by atoms with Crippen LogP contribution in [0.5, 0.6) is 0 Å². The molecule has 1 heterocycles. The molecule has 0 aliphatic carbocycles. The summed E-state index contributed by atoms with van der Waals surface area (Å²) in [7, 11) is 1.42. The Morgan fingerprint density at radius 3 is 2.59 bits per heavy atom. The second-order valence-corrected chi connectivity index (χ2v) is 3.91. The third kappa shape index (κ3) is 2.81. The molecule has 4 nitrogen and oxygen atoms in total. The molecule has 1 aromatic rings. The summed E-state index contributed by atoms with van der Waals surface area (Å²) >= 11 is 0. The summed E-state index contributed by atoms with van der Waals surface area (Å²) in [6, 6.07) is 2.05. The van der Waals surface area contributed by atoms with E-state index in [1.54, 1.807) is 0 Å². The summed E-state index contributed by atoms with van der Waals surface area (Å²) in [5, 5.41) is 3.29. The maximum Gasteiger partial charge on any atom is 0.356 e. The minimum Gasteiger partial charge on any atom is -0.464 e. The minimum absolute atomic E-state index is 0.273. The van der Waals surface area contributed by atoms with Gasteiger partial charge >= 0.3 is 5.97 Å². The number of nitrogens with zero attached hydrogens (tertiary/aromatic N) is 1. The molecular formula is C13H22N2O2. The predicted molar refractivity (Wildman–Crippen MR) is 69.6 cm³/mol. The summed E-state index contributed by atoms with van der Waals surface area (Å²) in [6.45, 7) is 7.87. The Bertz CT molecular complexity index is 383. The van der Waals surface area contributed by atoms with E-state index < -0.39 is 0 Å². The van der Waals surface area contributed by atoms with Gasteiger partial charge in [-0.2, -0.15) is 0 Å². The molecule has 0 aromatic carbocycles. The number of nitrogens with one attached hydrogen (secondary N) is 1. The highest BCUT2D eigenvalue weighted by molar-refractivity contribution is 5.94. The van der Waals surface area contributed by atoms with E-state index in [9.17, 15) is 4.79 Å². The number of ether oxygens (including phenoxy) is 1. The molecule has 1 N–H and O–H groups in total. The number of carbonyl (C=O) groups is 1. The van der Waals surface area contributed by atoms with E-state index in [0.717, 1.165) is 37.3 Å². The summed E-state index contributed by atoms with van der Waals surface area (Å²) in [5.41, 5.74) is 2.68. The molecule has 0 radical (unpaired) electrons. The zero-order chi connectivity index (χ0) is 12.8. The Morgan fingerprint density at radius 2 is 2.12 bits per heavy atom. The lowest BCUT2D eigenvalue weighted by molar-refractivity contribution is 0.0589. The minimum atomic E-state index is -0.273. The molecule has 0 atom stereocenters. The van der Waals surface area contributed by atoms with E-state index in [4.69, 9.17) is 4.74 Å². The molecule has 4 heteroatoms. The molecule has 1 aromatic heterocycles. The van der Waals surface area contributed by atoms with Crippen LogP contribution in [-0.2, 0) is 17.7 Å². The maximum absolute atomic E-state index is 11.8. The van der Waals surface area contributed by atoms with Crippen LogP contribution in [0, 0.1) is 0 Å².